The van der Waals surface area contributed by atoms with Crippen LogP contribution < -0.4 is 5.73 Å². The Morgan fingerprint density at radius 3 is 3.00 bits per heavy atom. The Hall–Kier alpha value is -0.260. The van der Waals surface area contributed by atoms with Crippen molar-refractivity contribution in [1.82, 2.24) is 4.98 Å². The minimum Gasteiger partial charge on any atom is -0.384 e. The van der Waals surface area contributed by atoms with Gasteiger partial charge in [-0.1, -0.05) is 6.07 Å². The summed E-state index contributed by atoms with van der Waals surface area (Å²) in [6.07, 6.45) is 0. The summed E-state index contributed by atoms with van der Waals surface area (Å²) < 4.78 is 5.73. The van der Waals surface area contributed by atoms with Crippen molar-refractivity contribution >= 4 is 33.5 Å². The Balaban J connectivity index is 2.42. The first-order chi connectivity index (χ1) is 6.74. The Labute approximate surface area is 96.6 Å². The molecule has 0 atom stereocenters. The maximum Gasteiger partial charge on any atom is 0.128 e. The van der Waals surface area contributed by atoms with E-state index in [4.69, 9.17) is 10.5 Å². The maximum absolute atomic E-state index is 5.75. The van der Waals surface area contributed by atoms with Crippen LogP contribution in [0.4, 0.5) is 5.82 Å². The predicted octanol–water partition coefficient (Wildman–Crippen LogP) is 2.31. The molecule has 78 valence electrons. The molecule has 1 rings (SSSR count). The fraction of sp³-hybridized carbons (Fsp3) is 0.444. The van der Waals surface area contributed by atoms with E-state index in [9.17, 15) is 0 Å². The van der Waals surface area contributed by atoms with Gasteiger partial charge in [-0.2, -0.15) is 11.8 Å². The van der Waals surface area contributed by atoms with E-state index >= 15 is 0 Å². The van der Waals surface area contributed by atoms with Crippen molar-refractivity contribution in [3.05, 3.63) is 22.3 Å². The molecule has 14 heavy (non-hydrogen) atoms. The molecule has 0 aliphatic carbocycles. The zero-order chi connectivity index (χ0) is 10.4. The van der Waals surface area contributed by atoms with Crippen LogP contribution in [0.25, 0.3) is 0 Å². The van der Waals surface area contributed by atoms with Crippen LogP contribution in [0, 0.1) is 0 Å². The smallest absolute Gasteiger partial charge is 0.128 e. The molecular weight excluding hydrogens is 264 g/mol. The largest absolute Gasteiger partial charge is 0.384 e. The van der Waals surface area contributed by atoms with Crippen molar-refractivity contribution in [2.24, 2.45) is 0 Å². The van der Waals surface area contributed by atoms with Crippen molar-refractivity contribution in [2.75, 3.05) is 25.2 Å². The second-order valence-corrected chi connectivity index (χ2v) is 4.64. The lowest BCUT2D eigenvalue weighted by Crippen LogP contribution is -1.98. The van der Waals surface area contributed by atoms with Gasteiger partial charge in [0.25, 0.3) is 0 Å². The van der Waals surface area contributed by atoms with Gasteiger partial charge in [-0.15, -0.1) is 0 Å². The molecule has 0 aliphatic heterocycles. The molecule has 0 unspecified atom stereocenters. The molecule has 1 aromatic rings. The van der Waals surface area contributed by atoms with E-state index in [0.717, 1.165) is 28.3 Å². The van der Waals surface area contributed by atoms with Gasteiger partial charge < -0.3 is 10.5 Å². The molecule has 5 heteroatoms. The fourth-order valence-corrected chi connectivity index (χ4v) is 2.14. The standard InChI is InChI=1S/C9H13BrN2OS/c1-13-4-5-14-6-7-2-3-8(10)12-9(7)11/h2-3H,4-6H2,1H3,(H2,11,12). The molecule has 0 aromatic carbocycles. The van der Waals surface area contributed by atoms with E-state index in [1.165, 1.54) is 0 Å². The molecule has 1 aromatic heterocycles. The molecule has 0 bridgehead atoms. The highest BCUT2D eigenvalue weighted by atomic mass is 79.9. The number of nitrogens with zero attached hydrogens (tertiary/aromatic N) is 1. The molecule has 3 nitrogen and oxygen atoms in total. The molecule has 0 fully saturated rings. The molecule has 1 heterocycles. The average Bonchev–Trinajstić information content (AvgIpc) is 2.15. The van der Waals surface area contributed by atoms with Crippen molar-refractivity contribution in [3.8, 4) is 0 Å². The van der Waals surface area contributed by atoms with Crippen LogP contribution in [0.15, 0.2) is 16.7 Å². The van der Waals surface area contributed by atoms with Gasteiger partial charge in [-0.05, 0) is 22.0 Å². The number of hydrogen-bond donors (Lipinski definition) is 1. The summed E-state index contributed by atoms with van der Waals surface area (Å²) in [6, 6.07) is 3.90. The third-order valence-electron chi connectivity index (χ3n) is 1.67. The van der Waals surface area contributed by atoms with Crippen molar-refractivity contribution in [2.45, 2.75) is 5.75 Å². The first kappa shape index (κ1) is 11.8. The number of halogens is 1. The number of anilines is 1. The van der Waals surface area contributed by atoms with E-state index in [2.05, 4.69) is 20.9 Å². The van der Waals surface area contributed by atoms with Gasteiger partial charge in [0.1, 0.15) is 10.4 Å². The van der Waals surface area contributed by atoms with Crippen LogP contribution in [-0.4, -0.2) is 24.5 Å². The molecule has 0 spiro atoms. The van der Waals surface area contributed by atoms with Crippen molar-refractivity contribution in [3.63, 3.8) is 0 Å². The van der Waals surface area contributed by atoms with Gasteiger partial charge in [0.2, 0.25) is 0 Å². The van der Waals surface area contributed by atoms with Gasteiger partial charge in [-0.3, -0.25) is 0 Å². The number of rotatable bonds is 5. The van der Waals surface area contributed by atoms with E-state index < -0.39 is 0 Å². The van der Waals surface area contributed by atoms with Gasteiger partial charge in [0, 0.05) is 24.2 Å². The number of aromatic nitrogens is 1. The second kappa shape index (κ2) is 6.27. The Morgan fingerprint density at radius 2 is 2.36 bits per heavy atom. The highest BCUT2D eigenvalue weighted by Gasteiger charge is 2.01. The number of pyridine rings is 1. The highest BCUT2D eigenvalue weighted by molar-refractivity contribution is 9.10. The normalized spacial score (nSPS) is 10.4. The van der Waals surface area contributed by atoms with Crippen LogP contribution >= 0.6 is 27.7 Å². The first-order valence-electron chi connectivity index (χ1n) is 4.21. The lowest BCUT2D eigenvalue weighted by atomic mass is 10.3. The quantitative estimate of drug-likeness (QED) is 0.662. The molecule has 0 aliphatic rings. The molecular formula is C9H13BrN2OS. The monoisotopic (exact) mass is 276 g/mol. The topological polar surface area (TPSA) is 48.1 Å². The number of ether oxygens (including phenoxy) is 1. The zero-order valence-electron chi connectivity index (χ0n) is 8.00. The Morgan fingerprint density at radius 1 is 1.57 bits per heavy atom. The summed E-state index contributed by atoms with van der Waals surface area (Å²) in [7, 11) is 1.70. The number of nitrogen functional groups attached to an aromatic ring is 1. The van der Waals surface area contributed by atoms with Crippen LogP contribution in [0.3, 0.4) is 0 Å². The summed E-state index contributed by atoms with van der Waals surface area (Å²) >= 11 is 5.06. The molecule has 0 amide bonds. The van der Waals surface area contributed by atoms with E-state index in [1.807, 2.05) is 12.1 Å². The fourth-order valence-electron chi connectivity index (χ4n) is 0.925. The summed E-state index contributed by atoms with van der Waals surface area (Å²) in [6.45, 7) is 0.772. The highest BCUT2D eigenvalue weighted by Crippen LogP contribution is 2.19. The summed E-state index contributed by atoms with van der Waals surface area (Å²) in [4.78, 5) is 4.12. The lowest BCUT2D eigenvalue weighted by molar-refractivity contribution is 0.218. The summed E-state index contributed by atoms with van der Waals surface area (Å²) in [5, 5.41) is 0. The number of methoxy groups -OCH3 is 1. The van der Waals surface area contributed by atoms with Crippen LogP contribution in [0.5, 0.6) is 0 Å². The molecule has 2 N–H and O–H groups in total. The third kappa shape index (κ3) is 3.86. The summed E-state index contributed by atoms with van der Waals surface area (Å²) in [5.74, 6) is 2.46. The molecule has 0 saturated heterocycles. The van der Waals surface area contributed by atoms with Crippen LogP contribution in [-0.2, 0) is 10.5 Å². The number of nitrogens with two attached hydrogens (primary N) is 1. The van der Waals surface area contributed by atoms with Crippen LogP contribution in [0.2, 0.25) is 0 Å². The predicted molar refractivity (Wildman–Crippen MR) is 64.4 cm³/mol. The van der Waals surface area contributed by atoms with Crippen molar-refractivity contribution in [1.29, 1.82) is 0 Å². The third-order valence-corrected chi connectivity index (χ3v) is 3.08. The number of hydrogen-bond acceptors (Lipinski definition) is 4. The van der Waals surface area contributed by atoms with E-state index in [-0.39, 0.29) is 0 Å². The zero-order valence-corrected chi connectivity index (χ0v) is 10.4. The average molecular weight is 277 g/mol. The van der Waals surface area contributed by atoms with Gasteiger partial charge in [-0.25, -0.2) is 4.98 Å². The minimum atomic E-state index is 0.601. The maximum atomic E-state index is 5.75. The van der Waals surface area contributed by atoms with Crippen LogP contribution in [0.1, 0.15) is 5.56 Å². The van der Waals surface area contributed by atoms with E-state index in [1.54, 1.807) is 18.9 Å². The minimum absolute atomic E-state index is 0.601. The van der Waals surface area contributed by atoms with Gasteiger partial charge in [0.15, 0.2) is 0 Å². The van der Waals surface area contributed by atoms with E-state index in [0.29, 0.717) is 5.82 Å². The Bertz CT molecular complexity index is 296. The van der Waals surface area contributed by atoms with Gasteiger partial charge >= 0.3 is 0 Å². The Kier molecular flexibility index (Phi) is 5.29. The first-order valence-corrected chi connectivity index (χ1v) is 6.16. The number of thioether (sulfide) groups is 1. The SMILES string of the molecule is COCCSCc1ccc(Br)nc1N. The van der Waals surface area contributed by atoms with Gasteiger partial charge in [0.05, 0.1) is 6.61 Å². The molecule has 0 radical (unpaired) electrons. The summed E-state index contributed by atoms with van der Waals surface area (Å²) in [5.41, 5.74) is 6.83. The second-order valence-electron chi connectivity index (χ2n) is 2.72. The van der Waals surface area contributed by atoms with Crippen molar-refractivity contribution < 1.29 is 4.74 Å². The molecule has 0 saturated carbocycles. The lowest BCUT2D eigenvalue weighted by Gasteiger charge is -2.04.